The Bertz CT molecular complexity index is 893. The third-order valence-electron chi connectivity index (χ3n) is 5.62. The number of nitrogens with zero attached hydrogens (tertiary/aromatic N) is 5. The maximum atomic E-state index is 12.9. The molecule has 8 heteroatoms. The molecule has 3 heterocycles. The Labute approximate surface area is 170 Å². The highest BCUT2D eigenvalue weighted by molar-refractivity contribution is 5.92. The summed E-state index contributed by atoms with van der Waals surface area (Å²) in [5.41, 5.74) is 2.86. The van der Waals surface area contributed by atoms with Crippen LogP contribution in [0, 0.1) is 0 Å². The minimum atomic E-state index is -0.0911. The van der Waals surface area contributed by atoms with Crippen molar-refractivity contribution >= 4 is 11.9 Å². The van der Waals surface area contributed by atoms with Gasteiger partial charge in [0.05, 0.1) is 18.8 Å². The minimum absolute atomic E-state index is 0.0362. The second-order valence-corrected chi connectivity index (χ2v) is 8.16. The lowest BCUT2D eigenvalue weighted by molar-refractivity contribution is 0.0728. The fraction of sp³-hybridized carbons (Fsp3) is 0.524. The monoisotopic (exact) mass is 396 g/mol. The van der Waals surface area contributed by atoms with Crippen molar-refractivity contribution in [3.05, 3.63) is 47.3 Å². The molecule has 29 heavy (non-hydrogen) atoms. The Morgan fingerprint density at radius 1 is 1.21 bits per heavy atom. The van der Waals surface area contributed by atoms with Gasteiger partial charge in [0.1, 0.15) is 0 Å². The average Bonchev–Trinajstić information content (AvgIpc) is 3.36. The van der Waals surface area contributed by atoms with Gasteiger partial charge in [-0.2, -0.15) is 0 Å². The molecule has 0 aliphatic carbocycles. The summed E-state index contributed by atoms with van der Waals surface area (Å²) in [6, 6.07) is 8.38. The van der Waals surface area contributed by atoms with Crippen molar-refractivity contribution in [1.29, 1.82) is 0 Å². The first-order valence-electron chi connectivity index (χ1n) is 10.3. The molecular formula is C21H28N6O2. The molecule has 2 aliphatic rings. The van der Waals surface area contributed by atoms with Gasteiger partial charge in [0.15, 0.2) is 5.69 Å². The molecule has 3 amide bonds. The Balaban J connectivity index is 1.39. The van der Waals surface area contributed by atoms with Crippen molar-refractivity contribution in [2.75, 3.05) is 13.1 Å². The average molecular weight is 396 g/mol. The number of amides is 3. The zero-order valence-electron chi connectivity index (χ0n) is 17.0. The van der Waals surface area contributed by atoms with Crippen LogP contribution in [0.5, 0.6) is 0 Å². The molecule has 2 aliphatic heterocycles. The van der Waals surface area contributed by atoms with Gasteiger partial charge in [-0.3, -0.25) is 4.79 Å². The zero-order chi connectivity index (χ0) is 20.4. The first-order chi connectivity index (χ1) is 14.0. The second kappa shape index (κ2) is 8.23. The number of carbonyl (C=O) groups excluding carboxylic acids is 2. The SMILES string of the molecule is CC(C)NC(=O)N1CCCC1Cn1cc(C(=O)N2CCc3ccccc3C2)nn1. The van der Waals surface area contributed by atoms with Crippen LogP contribution in [0.25, 0.3) is 0 Å². The molecule has 0 saturated carbocycles. The minimum Gasteiger partial charge on any atom is -0.336 e. The van der Waals surface area contributed by atoms with E-state index in [1.165, 1.54) is 11.1 Å². The van der Waals surface area contributed by atoms with Gasteiger partial charge in [-0.25, -0.2) is 9.48 Å². The molecule has 8 nitrogen and oxygen atoms in total. The first kappa shape index (κ1) is 19.4. The lowest BCUT2D eigenvalue weighted by atomic mass is 10.00. The quantitative estimate of drug-likeness (QED) is 0.857. The van der Waals surface area contributed by atoms with E-state index >= 15 is 0 Å². The van der Waals surface area contributed by atoms with Gasteiger partial charge < -0.3 is 15.1 Å². The fourth-order valence-electron chi connectivity index (χ4n) is 4.16. The van der Waals surface area contributed by atoms with Crippen molar-refractivity contribution in [2.24, 2.45) is 0 Å². The number of benzene rings is 1. The molecule has 2 aromatic rings. The number of rotatable bonds is 4. The molecule has 1 aromatic heterocycles. The number of hydrogen-bond donors (Lipinski definition) is 1. The number of nitrogens with one attached hydrogen (secondary N) is 1. The van der Waals surface area contributed by atoms with Crippen molar-refractivity contribution < 1.29 is 9.59 Å². The zero-order valence-corrected chi connectivity index (χ0v) is 17.0. The van der Waals surface area contributed by atoms with Crippen LogP contribution in [-0.2, 0) is 19.5 Å². The summed E-state index contributed by atoms with van der Waals surface area (Å²) < 4.78 is 1.69. The fourth-order valence-corrected chi connectivity index (χ4v) is 4.16. The third-order valence-corrected chi connectivity index (χ3v) is 5.62. The van der Waals surface area contributed by atoms with E-state index in [1.807, 2.05) is 35.8 Å². The number of urea groups is 1. The Morgan fingerprint density at radius 2 is 2.00 bits per heavy atom. The van der Waals surface area contributed by atoms with Gasteiger partial charge in [0, 0.05) is 25.7 Å². The maximum absolute atomic E-state index is 12.9. The molecule has 154 valence electrons. The van der Waals surface area contributed by atoms with E-state index in [2.05, 4.69) is 27.8 Å². The normalized spacial score (nSPS) is 18.8. The Kier molecular flexibility index (Phi) is 5.51. The summed E-state index contributed by atoms with van der Waals surface area (Å²) in [5.74, 6) is -0.0911. The summed E-state index contributed by atoms with van der Waals surface area (Å²) in [7, 11) is 0. The van der Waals surface area contributed by atoms with Crippen LogP contribution in [-0.4, -0.2) is 61.9 Å². The molecule has 0 spiro atoms. The molecule has 0 bridgehead atoms. The van der Waals surface area contributed by atoms with Crippen molar-refractivity contribution in [2.45, 2.75) is 58.3 Å². The summed E-state index contributed by atoms with van der Waals surface area (Å²) in [6.07, 6.45) is 4.47. The van der Waals surface area contributed by atoms with E-state index in [4.69, 9.17) is 0 Å². The Hall–Kier alpha value is -2.90. The third kappa shape index (κ3) is 4.26. The molecule has 1 saturated heterocycles. The number of likely N-dealkylation sites (tertiary alicyclic amines) is 1. The number of hydrogen-bond acceptors (Lipinski definition) is 4. The van der Waals surface area contributed by atoms with Gasteiger partial charge in [0.2, 0.25) is 0 Å². The van der Waals surface area contributed by atoms with E-state index < -0.39 is 0 Å². The number of fused-ring (bicyclic) bond motifs is 1. The summed E-state index contributed by atoms with van der Waals surface area (Å²) in [5, 5.41) is 11.2. The molecule has 1 aromatic carbocycles. The van der Waals surface area contributed by atoms with Crippen molar-refractivity contribution in [1.82, 2.24) is 30.1 Å². The number of aromatic nitrogens is 3. The summed E-state index contributed by atoms with van der Waals surface area (Å²) in [4.78, 5) is 29.0. The van der Waals surface area contributed by atoms with Gasteiger partial charge in [-0.15, -0.1) is 5.10 Å². The van der Waals surface area contributed by atoms with Crippen LogP contribution in [0.4, 0.5) is 4.79 Å². The Morgan fingerprint density at radius 3 is 2.79 bits per heavy atom. The van der Waals surface area contributed by atoms with Crippen LogP contribution in [0.3, 0.4) is 0 Å². The lowest BCUT2D eigenvalue weighted by Gasteiger charge is -2.28. The highest BCUT2D eigenvalue weighted by Gasteiger charge is 2.30. The van der Waals surface area contributed by atoms with E-state index in [-0.39, 0.29) is 24.0 Å². The van der Waals surface area contributed by atoms with Gasteiger partial charge in [-0.1, -0.05) is 29.5 Å². The van der Waals surface area contributed by atoms with E-state index in [9.17, 15) is 9.59 Å². The van der Waals surface area contributed by atoms with Gasteiger partial charge >= 0.3 is 6.03 Å². The summed E-state index contributed by atoms with van der Waals surface area (Å²) in [6.45, 7) is 6.50. The summed E-state index contributed by atoms with van der Waals surface area (Å²) >= 11 is 0. The van der Waals surface area contributed by atoms with Crippen LogP contribution >= 0.6 is 0 Å². The molecule has 1 fully saturated rings. The highest BCUT2D eigenvalue weighted by Crippen LogP contribution is 2.21. The molecule has 4 rings (SSSR count). The van der Waals surface area contributed by atoms with E-state index in [0.717, 1.165) is 25.8 Å². The largest absolute Gasteiger partial charge is 0.336 e. The van der Waals surface area contributed by atoms with Crippen molar-refractivity contribution in [3.8, 4) is 0 Å². The van der Waals surface area contributed by atoms with Gasteiger partial charge in [0.25, 0.3) is 5.91 Å². The molecule has 1 unspecified atom stereocenters. The number of carbonyl (C=O) groups is 2. The van der Waals surface area contributed by atoms with E-state index in [0.29, 0.717) is 25.3 Å². The lowest BCUT2D eigenvalue weighted by Crippen LogP contribution is -2.46. The van der Waals surface area contributed by atoms with Crippen LogP contribution in [0.15, 0.2) is 30.5 Å². The van der Waals surface area contributed by atoms with E-state index in [1.54, 1.807) is 10.9 Å². The van der Waals surface area contributed by atoms with Crippen molar-refractivity contribution in [3.63, 3.8) is 0 Å². The topological polar surface area (TPSA) is 83.4 Å². The van der Waals surface area contributed by atoms with Crippen LogP contribution < -0.4 is 5.32 Å². The standard InChI is InChI=1S/C21H28N6O2/c1-15(2)22-21(29)27-10-5-8-18(27)13-26-14-19(23-24-26)20(28)25-11-9-16-6-3-4-7-17(16)12-25/h3-4,6-7,14-15,18H,5,8-13H2,1-2H3,(H,22,29). The molecular weight excluding hydrogens is 368 g/mol. The van der Waals surface area contributed by atoms with Crippen LogP contribution in [0.1, 0.15) is 48.3 Å². The highest BCUT2D eigenvalue weighted by atomic mass is 16.2. The van der Waals surface area contributed by atoms with Gasteiger partial charge in [-0.05, 0) is 44.2 Å². The van der Waals surface area contributed by atoms with Crippen LogP contribution in [0.2, 0.25) is 0 Å². The molecule has 1 N–H and O–H groups in total. The predicted octanol–water partition coefficient (Wildman–Crippen LogP) is 2.06. The smallest absolute Gasteiger partial charge is 0.317 e. The predicted molar refractivity (Wildman–Crippen MR) is 108 cm³/mol. The molecule has 1 atom stereocenters. The maximum Gasteiger partial charge on any atom is 0.317 e. The molecule has 0 radical (unpaired) electrons. The second-order valence-electron chi connectivity index (χ2n) is 8.16. The first-order valence-corrected chi connectivity index (χ1v) is 10.3.